The minimum Gasteiger partial charge on any atom is -0.493 e. The summed E-state index contributed by atoms with van der Waals surface area (Å²) in [4.78, 5) is 12.5. The summed E-state index contributed by atoms with van der Waals surface area (Å²) in [5, 5.41) is 6.05. The van der Waals surface area contributed by atoms with Crippen LogP contribution in [0.2, 0.25) is 0 Å². The Morgan fingerprint density at radius 3 is 2.07 bits per heavy atom. The lowest BCUT2D eigenvalue weighted by molar-refractivity contribution is -0.116. The van der Waals surface area contributed by atoms with Crippen molar-refractivity contribution >= 4 is 17.3 Å². The average Bonchev–Trinajstić information content (AvgIpc) is 2.75. The highest BCUT2D eigenvalue weighted by Gasteiger charge is 2.14. The first-order valence-electron chi connectivity index (χ1n) is 9.21. The lowest BCUT2D eigenvalue weighted by Gasteiger charge is -2.17. The Labute approximate surface area is 170 Å². The molecule has 0 radical (unpaired) electrons. The second kappa shape index (κ2) is 9.50. The molecule has 0 spiro atoms. The van der Waals surface area contributed by atoms with Crippen molar-refractivity contribution in [3.05, 3.63) is 72.8 Å². The minimum absolute atomic E-state index is 0.156. The molecule has 0 fully saturated rings. The Hall–Kier alpha value is -3.67. The van der Waals surface area contributed by atoms with Crippen LogP contribution in [0, 0.1) is 0 Å². The van der Waals surface area contributed by atoms with Crippen molar-refractivity contribution in [2.75, 3.05) is 24.9 Å². The number of carbonyl (C=O) groups is 1. The number of hydrogen-bond donors (Lipinski definition) is 2. The molecule has 0 aliphatic carbocycles. The molecule has 0 saturated heterocycles. The van der Waals surface area contributed by atoms with Gasteiger partial charge in [-0.2, -0.15) is 0 Å². The van der Waals surface area contributed by atoms with Crippen molar-refractivity contribution in [1.82, 2.24) is 0 Å². The van der Waals surface area contributed by atoms with Crippen LogP contribution in [0.3, 0.4) is 0 Å². The molecular formula is C23H24N2O4. The Morgan fingerprint density at radius 1 is 0.793 bits per heavy atom. The monoisotopic (exact) mass is 392 g/mol. The number of rotatable bonds is 8. The normalized spacial score (nSPS) is 11.3. The summed E-state index contributed by atoms with van der Waals surface area (Å²) in [5.41, 5.74) is 1.45. The van der Waals surface area contributed by atoms with Crippen molar-refractivity contribution < 1.29 is 19.0 Å². The third kappa shape index (κ3) is 5.42. The molecule has 0 aliphatic heterocycles. The zero-order valence-corrected chi connectivity index (χ0v) is 16.6. The number of benzene rings is 3. The van der Waals surface area contributed by atoms with Crippen molar-refractivity contribution in [3.63, 3.8) is 0 Å². The van der Waals surface area contributed by atoms with Gasteiger partial charge in [-0.3, -0.25) is 4.79 Å². The molecule has 29 heavy (non-hydrogen) atoms. The molecule has 3 aromatic rings. The van der Waals surface area contributed by atoms with Crippen LogP contribution in [-0.2, 0) is 4.79 Å². The van der Waals surface area contributed by atoms with Crippen LogP contribution in [-0.4, -0.2) is 26.2 Å². The highest BCUT2D eigenvalue weighted by atomic mass is 16.5. The Bertz CT molecular complexity index is 943. The summed E-state index contributed by atoms with van der Waals surface area (Å²) in [6, 6.07) is 21.7. The molecule has 0 aromatic heterocycles. The molecule has 0 aliphatic rings. The van der Waals surface area contributed by atoms with E-state index in [1.807, 2.05) is 48.5 Å². The van der Waals surface area contributed by atoms with Crippen LogP contribution in [0.15, 0.2) is 72.8 Å². The molecule has 1 amide bonds. The van der Waals surface area contributed by atoms with Gasteiger partial charge in [-0.15, -0.1) is 0 Å². The second-order valence-corrected chi connectivity index (χ2v) is 6.36. The van der Waals surface area contributed by atoms with Gasteiger partial charge in [0.15, 0.2) is 11.5 Å². The molecule has 0 bridgehead atoms. The first-order valence-corrected chi connectivity index (χ1v) is 9.21. The van der Waals surface area contributed by atoms with Crippen LogP contribution in [0.5, 0.6) is 23.0 Å². The van der Waals surface area contributed by atoms with E-state index in [0.717, 1.165) is 11.4 Å². The molecular weight excluding hydrogens is 368 g/mol. The van der Waals surface area contributed by atoms with Gasteiger partial charge in [-0.05, 0) is 55.5 Å². The smallest absolute Gasteiger partial charge is 0.246 e. The van der Waals surface area contributed by atoms with Crippen molar-refractivity contribution in [3.8, 4) is 23.0 Å². The highest BCUT2D eigenvalue weighted by molar-refractivity contribution is 5.96. The van der Waals surface area contributed by atoms with E-state index in [0.29, 0.717) is 22.9 Å². The zero-order chi connectivity index (χ0) is 20.6. The zero-order valence-electron chi connectivity index (χ0n) is 16.6. The number of carbonyl (C=O) groups excluding carboxylic acids is 1. The van der Waals surface area contributed by atoms with E-state index in [2.05, 4.69) is 10.6 Å². The lowest BCUT2D eigenvalue weighted by atomic mass is 10.2. The quantitative estimate of drug-likeness (QED) is 0.569. The SMILES string of the molecule is COc1ccc(N[C@H](C)C(=O)Nc2ccc(Oc3ccccc3)cc2)cc1OC. The second-order valence-electron chi connectivity index (χ2n) is 6.36. The fourth-order valence-electron chi connectivity index (χ4n) is 2.72. The standard InChI is InChI=1S/C23H24N2O4/c1-16(24-18-11-14-21(27-2)22(15-18)28-3)23(26)25-17-9-12-20(13-10-17)29-19-7-5-4-6-8-19/h4-16,24H,1-3H3,(H,25,26)/t16-/m1/s1. The van der Waals surface area contributed by atoms with Crippen molar-refractivity contribution in [2.45, 2.75) is 13.0 Å². The van der Waals surface area contributed by atoms with Gasteiger partial charge in [0.25, 0.3) is 0 Å². The minimum atomic E-state index is -0.451. The number of nitrogens with one attached hydrogen (secondary N) is 2. The van der Waals surface area contributed by atoms with E-state index in [9.17, 15) is 4.79 Å². The molecule has 3 rings (SSSR count). The van der Waals surface area contributed by atoms with E-state index in [-0.39, 0.29) is 5.91 Å². The fourth-order valence-corrected chi connectivity index (χ4v) is 2.72. The van der Waals surface area contributed by atoms with Crippen molar-refractivity contribution in [2.24, 2.45) is 0 Å². The van der Waals surface area contributed by atoms with Crippen LogP contribution < -0.4 is 24.8 Å². The highest BCUT2D eigenvalue weighted by Crippen LogP contribution is 2.30. The Balaban J connectivity index is 1.58. The number of hydrogen-bond acceptors (Lipinski definition) is 5. The Morgan fingerprint density at radius 2 is 1.41 bits per heavy atom. The van der Waals surface area contributed by atoms with E-state index >= 15 is 0 Å². The largest absolute Gasteiger partial charge is 0.493 e. The van der Waals surface area contributed by atoms with Gasteiger partial charge in [-0.25, -0.2) is 0 Å². The number of amides is 1. The topological polar surface area (TPSA) is 68.8 Å². The summed E-state index contributed by atoms with van der Waals surface area (Å²) >= 11 is 0. The molecule has 0 saturated carbocycles. The lowest BCUT2D eigenvalue weighted by Crippen LogP contribution is -2.31. The number of para-hydroxylation sites is 1. The van der Waals surface area contributed by atoms with Gasteiger partial charge < -0.3 is 24.8 Å². The van der Waals surface area contributed by atoms with E-state index in [1.165, 1.54) is 0 Å². The predicted molar refractivity (Wildman–Crippen MR) is 114 cm³/mol. The van der Waals surface area contributed by atoms with Crippen molar-refractivity contribution in [1.29, 1.82) is 0 Å². The summed E-state index contributed by atoms with van der Waals surface area (Å²) in [7, 11) is 3.15. The van der Waals surface area contributed by atoms with Crippen LogP contribution >= 0.6 is 0 Å². The van der Waals surface area contributed by atoms with Crippen LogP contribution in [0.4, 0.5) is 11.4 Å². The van der Waals surface area contributed by atoms with Gasteiger partial charge in [0.2, 0.25) is 5.91 Å². The molecule has 0 unspecified atom stereocenters. The molecule has 3 aromatic carbocycles. The number of methoxy groups -OCH3 is 2. The van der Waals surface area contributed by atoms with Crippen LogP contribution in [0.1, 0.15) is 6.92 Å². The van der Waals surface area contributed by atoms with E-state index in [1.54, 1.807) is 45.4 Å². The third-order valence-corrected chi connectivity index (χ3v) is 4.26. The van der Waals surface area contributed by atoms with Gasteiger partial charge in [-0.1, -0.05) is 18.2 Å². The molecule has 1 atom stereocenters. The van der Waals surface area contributed by atoms with E-state index in [4.69, 9.17) is 14.2 Å². The maximum atomic E-state index is 12.5. The first kappa shape index (κ1) is 20.1. The summed E-state index contributed by atoms with van der Waals surface area (Å²) in [5.74, 6) is 2.53. The first-order chi connectivity index (χ1) is 14.1. The van der Waals surface area contributed by atoms with Gasteiger partial charge >= 0.3 is 0 Å². The Kier molecular flexibility index (Phi) is 6.58. The van der Waals surface area contributed by atoms with Crippen LogP contribution in [0.25, 0.3) is 0 Å². The summed E-state index contributed by atoms with van der Waals surface area (Å²) < 4.78 is 16.3. The fraction of sp³-hybridized carbons (Fsp3) is 0.174. The molecule has 2 N–H and O–H groups in total. The number of ether oxygens (including phenoxy) is 3. The summed E-state index contributed by atoms with van der Waals surface area (Å²) in [6.07, 6.45) is 0. The maximum Gasteiger partial charge on any atom is 0.246 e. The number of anilines is 2. The molecule has 150 valence electrons. The molecule has 6 heteroatoms. The molecule has 6 nitrogen and oxygen atoms in total. The molecule has 0 heterocycles. The van der Waals surface area contributed by atoms with Gasteiger partial charge in [0, 0.05) is 17.4 Å². The van der Waals surface area contributed by atoms with E-state index < -0.39 is 6.04 Å². The third-order valence-electron chi connectivity index (χ3n) is 4.26. The predicted octanol–water partition coefficient (Wildman–Crippen LogP) is 4.94. The van der Waals surface area contributed by atoms with Gasteiger partial charge in [0.05, 0.1) is 14.2 Å². The average molecular weight is 392 g/mol. The van der Waals surface area contributed by atoms with Gasteiger partial charge in [0.1, 0.15) is 17.5 Å². The summed E-state index contributed by atoms with van der Waals surface area (Å²) in [6.45, 7) is 1.79. The maximum absolute atomic E-state index is 12.5.